The normalized spacial score (nSPS) is 11.1. The molecule has 1 aromatic carbocycles. The first kappa shape index (κ1) is 13.5. The van der Waals surface area contributed by atoms with Crippen molar-refractivity contribution in [2.24, 2.45) is 5.73 Å². The summed E-state index contributed by atoms with van der Waals surface area (Å²) in [5.74, 6) is 0. The lowest BCUT2D eigenvalue weighted by atomic mass is 10.1. The Morgan fingerprint density at radius 2 is 1.71 bits per heavy atom. The van der Waals surface area contributed by atoms with Gasteiger partial charge in [0, 0.05) is 18.6 Å². The van der Waals surface area contributed by atoms with Crippen LogP contribution in [0.1, 0.15) is 31.9 Å². The Labute approximate surface area is 103 Å². The molecule has 1 aromatic rings. The van der Waals surface area contributed by atoms with Crippen molar-refractivity contribution in [1.29, 1.82) is 0 Å². The Balaban J connectivity index is 2.42. The third-order valence-electron chi connectivity index (χ3n) is 2.20. The zero-order chi connectivity index (χ0) is 12.9. The van der Waals surface area contributed by atoms with E-state index < -0.39 is 0 Å². The number of carbonyl (C=O) groups excluding carboxylic acids is 1. The van der Waals surface area contributed by atoms with Gasteiger partial charge in [-0.1, -0.05) is 24.3 Å². The number of rotatable bonds is 3. The van der Waals surface area contributed by atoms with Crippen LogP contribution in [0.5, 0.6) is 0 Å². The van der Waals surface area contributed by atoms with Crippen molar-refractivity contribution >= 4 is 6.03 Å². The Morgan fingerprint density at radius 1 is 1.18 bits per heavy atom. The number of carbonyl (C=O) groups is 1. The first-order valence-electron chi connectivity index (χ1n) is 5.74. The highest BCUT2D eigenvalue weighted by Crippen LogP contribution is 2.03. The van der Waals surface area contributed by atoms with E-state index in [1.54, 1.807) is 0 Å². The van der Waals surface area contributed by atoms with Gasteiger partial charge in [0.05, 0.1) is 0 Å². The number of benzene rings is 1. The molecule has 0 radical (unpaired) electrons. The van der Waals surface area contributed by atoms with E-state index in [4.69, 9.17) is 5.73 Å². The average molecular weight is 235 g/mol. The fourth-order valence-corrected chi connectivity index (χ4v) is 1.36. The summed E-state index contributed by atoms with van der Waals surface area (Å²) < 4.78 is 0. The third kappa shape index (κ3) is 5.36. The second-order valence-electron chi connectivity index (χ2n) is 5.08. The maximum absolute atomic E-state index is 11.5. The number of hydrogen-bond acceptors (Lipinski definition) is 2. The van der Waals surface area contributed by atoms with E-state index in [0.717, 1.165) is 11.1 Å². The van der Waals surface area contributed by atoms with Gasteiger partial charge in [0.2, 0.25) is 0 Å². The summed E-state index contributed by atoms with van der Waals surface area (Å²) in [5, 5.41) is 5.65. The molecule has 4 N–H and O–H groups in total. The van der Waals surface area contributed by atoms with E-state index in [1.165, 1.54) is 0 Å². The highest BCUT2D eigenvalue weighted by atomic mass is 16.2. The van der Waals surface area contributed by atoms with Crippen LogP contribution in [0, 0.1) is 0 Å². The van der Waals surface area contributed by atoms with Gasteiger partial charge < -0.3 is 16.4 Å². The molecular weight excluding hydrogens is 214 g/mol. The van der Waals surface area contributed by atoms with Gasteiger partial charge in [-0.2, -0.15) is 0 Å². The van der Waals surface area contributed by atoms with Crippen LogP contribution < -0.4 is 16.4 Å². The molecule has 94 valence electrons. The molecule has 0 spiro atoms. The van der Waals surface area contributed by atoms with E-state index in [9.17, 15) is 4.79 Å². The number of amides is 2. The van der Waals surface area contributed by atoms with Gasteiger partial charge in [-0.05, 0) is 31.9 Å². The standard InChI is InChI=1S/C13H21N3O/c1-13(2,3)16-12(17)15-9-11-6-4-10(8-14)5-7-11/h4-7H,8-9,14H2,1-3H3,(H2,15,16,17). The number of nitrogens with two attached hydrogens (primary N) is 1. The molecule has 0 aliphatic heterocycles. The van der Waals surface area contributed by atoms with Crippen LogP contribution in [0.25, 0.3) is 0 Å². The van der Waals surface area contributed by atoms with Crippen molar-refractivity contribution < 1.29 is 4.79 Å². The molecule has 0 aliphatic rings. The monoisotopic (exact) mass is 235 g/mol. The van der Waals surface area contributed by atoms with Crippen LogP contribution in [0.4, 0.5) is 4.79 Å². The summed E-state index contributed by atoms with van der Waals surface area (Å²) in [4.78, 5) is 11.5. The molecule has 4 heteroatoms. The summed E-state index contributed by atoms with van der Waals surface area (Å²) in [6, 6.07) is 7.73. The lowest BCUT2D eigenvalue weighted by Gasteiger charge is -2.20. The van der Waals surface area contributed by atoms with Crippen LogP contribution in [0.3, 0.4) is 0 Å². The van der Waals surface area contributed by atoms with Gasteiger partial charge in [0.15, 0.2) is 0 Å². The van der Waals surface area contributed by atoms with Crippen molar-refractivity contribution in [3.05, 3.63) is 35.4 Å². The van der Waals surface area contributed by atoms with Crippen molar-refractivity contribution in [2.45, 2.75) is 39.4 Å². The van der Waals surface area contributed by atoms with E-state index in [-0.39, 0.29) is 11.6 Å². The highest BCUT2D eigenvalue weighted by Gasteiger charge is 2.12. The smallest absolute Gasteiger partial charge is 0.315 e. The Bertz CT molecular complexity index is 365. The topological polar surface area (TPSA) is 67.2 Å². The maximum Gasteiger partial charge on any atom is 0.315 e. The van der Waals surface area contributed by atoms with Crippen LogP contribution >= 0.6 is 0 Å². The predicted molar refractivity (Wildman–Crippen MR) is 69.5 cm³/mol. The van der Waals surface area contributed by atoms with Crippen LogP contribution in [0.2, 0.25) is 0 Å². The lowest BCUT2D eigenvalue weighted by Crippen LogP contribution is -2.46. The number of nitrogens with one attached hydrogen (secondary N) is 2. The van der Waals surface area contributed by atoms with Crippen molar-refractivity contribution in [3.8, 4) is 0 Å². The molecule has 0 saturated heterocycles. The maximum atomic E-state index is 11.5. The molecule has 0 aliphatic carbocycles. The van der Waals surface area contributed by atoms with Gasteiger partial charge in [0.25, 0.3) is 0 Å². The van der Waals surface area contributed by atoms with Gasteiger partial charge in [0.1, 0.15) is 0 Å². The summed E-state index contributed by atoms with van der Waals surface area (Å²) in [7, 11) is 0. The van der Waals surface area contributed by atoms with Crippen LogP contribution in [-0.4, -0.2) is 11.6 Å². The molecule has 17 heavy (non-hydrogen) atoms. The Morgan fingerprint density at radius 3 is 2.18 bits per heavy atom. The second kappa shape index (κ2) is 5.68. The van der Waals surface area contributed by atoms with E-state index in [1.807, 2.05) is 45.0 Å². The minimum atomic E-state index is -0.215. The largest absolute Gasteiger partial charge is 0.334 e. The van der Waals surface area contributed by atoms with Crippen molar-refractivity contribution in [3.63, 3.8) is 0 Å². The molecule has 0 atom stereocenters. The summed E-state index contributed by atoms with van der Waals surface area (Å²) in [6.07, 6.45) is 0. The van der Waals surface area contributed by atoms with Crippen molar-refractivity contribution in [2.75, 3.05) is 0 Å². The second-order valence-corrected chi connectivity index (χ2v) is 5.08. The summed E-state index contributed by atoms with van der Waals surface area (Å²) >= 11 is 0. The van der Waals surface area contributed by atoms with Gasteiger partial charge in [-0.3, -0.25) is 0 Å². The molecule has 0 heterocycles. The van der Waals surface area contributed by atoms with Gasteiger partial charge in [-0.25, -0.2) is 4.79 Å². The third-order valence-corrected chi connectivity index (χ3v) is 2.20. The zero-order valence-corrected chi connectivity index (χ0v) is 10.7. The quantitative estimate of drug-likeness (QED) is 0.747. The molecule has 2 amide bonds. The molecule has 0 fully saturated rings. The first-order chi connectivity index (χ1) is 7.90. The lowest BCUT2D eigenvalue weighted by molar-refractivity contribution is 0.231. The molecular formula is C13H21N3O. The molecule has 4 nitrogen and oxygen atoms in total. The number of urea groups is 1. The van der Waals surface area contributed by atoms with E-state index in [0.29, 0.717) is 13.1 Å². The summed E-state index contributed by atoms with van der Waals surface area (Å²) in [6.45, 7) is 6.90. The Hall–Kier alpha value is -1.55. The highest BCUT2D eigenvalue weighted by molar-refractivity contribution is 5.74. The minimum absolute atomic E-state index is 0.152. The zero-order valence-electron chi connectivity index (χ0n) is 10.7. The fourth-order valence-electron chi connectivity index (χ4n) is 1.36. The van der Waals surface area contributed by atoms with Crippen LogP contribution in [-0.2, 0) is 13.1 Å². The fraction of sp³-hybridized carbons (Fsp3) is 0.462. The molecule has 0 aromatic heterocycles. The SMILES string of the molecule is CC(C)(C)NC(=O)NCc1ccc(CN)cc1. The average Bonchev–Trinajstić information content (AvgIpc) is 2.25. The molecule has 1 rings (SSSR count). The molecule has 0 saturated carbocycles. The number of hydrogen-bond donors (Lipinski definition) is 3. The van der Waals surface area contributed by atoms with Crippen LogP contribution in [0.15, 0.2) is 24.3 Å². The van der Waals surface area contributed by atoms with E-state index >= 15 is 0 Å². The predicted octanol–water partition coefficient (Wildman–Crippen LogP) is 1.74. The first-order valence-corrected chi connectivity index (χ1v) is 5.74. The summed E-state index contributed by atoms with van der Waals surface area (Å²) in [5.41, 5.74) is 7.45. The van der Waals surface area contributed by atoms with Gasteiger partial charge >= 0.3 is 6.03 Å². The molecule has 0 unspecified atom stereocenters. The van der Waals surface area contributed by atoms with E-state index in [2.05, 4.69) is 10.6 Å². The molecule has 0 bridgehead atoms. The minimum Gasteiger partial charge on any atom is -0.334 e. The van der Waals surface area contributed by atoms with Gasteiger partial charge in [-0.15, -0.1) is 0 Å². The van der Waals surface area contributed by atoms with Crippen molar-refractivity contribution in [1.82, 2.24) is 10.6 Å². The Kier molecular flexibility index (Phi) is 4.52.